The third-order valence-electron chi connectivity index (χ3n) is 5.32. The Morgan fingerprint density at radius 3 is 2.55 bits per heavy atom. The number of ether oxygens (including phenoxy) is 1. The fourth-order valence-electron chi connectivity index (χ4n) is 3.78. The lowest BCUT2D eigenvalue weighted by Gasteiger charge is -2.27. The average molecular weight is 485 g/mol. The highest BCUT2D eigenvalue weighted by atomic mass is 35.5. The summed E-state index contributed by atoms with van der Waals surface area (Å²) in [5, 5.41) is 16.3. The molecule has 0 saturated heterocycles. The summed E-state index contributed by atoms with van der Waals surface area (Å²) >= 11 is 12.2. The zero-order chi connectivity index (χ0) is 23.0. The summed E-state index contributed by atoms with van der Waals surface area (Å²) < 4.78 is 5.73. The van der Waals surface area contributed by atoms with Crippen LogP contribution in [0.4, 0.5) is 0 Å². The normalized spacial score (nSPS) is 16.4. The van der Waals surface area contributed by atoms with E-state index in [1.165, 1.54) is 0 Å². The van der Waals surface area contributed by atoms with Crippen molar-refractivity contribution in [3.8, 4) is 5.75 Å². The first-order valence-corrected chi connectivity index (χ1v) is 11.6. The molecule has 4 rings (SSSR count). The molecule has 3 aromatic rings. The topological polar surface area (TPSA) is 54.3 Å². The molecular formula is C26H26Cl2N2O3. The fraction of sp³-hybridized carbons (Fsp3) is 0.269. The molecule has 0 aliphatic carbocycles. The largest absolute Gasteiger partial charge is 0.491 e. The number of oxime groups is 1. The Balaban J connectivity index is 1.37. The molecule has 0 radical (unpaired) electrons. The maximum atomic E-state index is 10.7. The zero-order valence-electron chi connectivity index (χ0n) is 18.1. The standard InChI is InChI=1S/C26H26Cl2N2O3/c27-21-11-9-20(10-12-21)26-14-25(33-29-26)17-30(15-19-5-4-6-22(28)13-19)16-23(31)18-32-24-7-2-1-3-8-24/h1-13,23,25,31H,14-18H2/t23-,25-/m1/s1. The molecule has 1 heterocycles. The molecule has 1 N–H and O–H groups in total. The molecule has 0 unspecified atom stereocenters. The van der Waals surface area contributed by atoms with Crippen molar-refractivity contribution < 1.29 is 14.7 Å². The highest BCUT2D eigenvalue weighted by Gasteiger charge is 2.26. The smallest absolute Gasteiger partial charge is 0.145 e. The summed E-state index contributed by atoms with van der Waals surface area (Å²) in [7, 11) is 0. The molecule has 7 heteroatoms. The van der Waals surface area contributed by atoms with E-state index in [2.05, 4.69) is 10.1 Å². The summed E-state index contributed by atoms with van der Waals surface area (Å²) in [6.07, 6.45) is -0.0934. The van der Waals surface area contributed by atoms with Crippen LogP contribution in [0.2, 0.25) is 10.0 Å². The van der Waals surface area contributed by atoms with Gasteiger partial charge in [0.25, 0.3) is 0 Å². The van der Waals surface area contributed by atoms with Gasteiger partial charge in [0.2, 0.25) is 0 Å². The van der Waals surface area contributed by atoms with Crippen LogP contribution < -0.4 is 4.74 Å². The lowest BCUT2D eigenvalue weighted by molar-refractivity contribution is 0.0213. The highest BCUT2D eigenvalue weighted by Crippen LogP contribution is 2.21. The lowest BCUT2D eigenvalue weighted by atomic mass is 10.0. The van der Waals surface area contributed by atoms with Crippen molar-refractivity contribution >= 4 is 28.9 Å². The number of aliphatic hydroxyl groups is 1. The zero-order valence-corrected chi connectivity index (χ0v) is 19.6. The van der Waals surface area contributed by atoms with Crippen LogP contribution in [0.15, 0.2) is 84.0 Å². The molecule has 172 valence electrons. The lowest BCUT2D eigenvalue weighted by Crippen LogP contribution is -2.39. The Kier molecular flexibility index (Phi) is 8.24. The van der Waals surface area contributed by atoms with Crippen LogP contribution in [0, 0.1) is 0 Å². The second kappa shape index (κ2) is 11.5. The van der Waals surface area contributed by atoms with E-state index in [0.29, 0.717) is 36.1 Å². The maximum Gasteiger partial charge on any atom is 0.145 e. The summed E-state index contributed by atoms with van der Waals surface area (Å²) in [6.45, 7) is 1.86. The number of para-hydroxylation sites is 1. The molecule has 5 nitrogen and oxygen atoms in total. The van der Waals surface area contributed by atoms with E-state index in [4.69, 9.17) is 32.8 Å². The summed E-state index contributed by atoms with van der Waals surface area (Å²) in [4.78, 5) is 7.88. The predicted molar refractivity (Wildman–Crippen MR) is 132 cm³/mol. The van der Waals surface area contributed by atoms with E-state index in [9.17, 15) is 5.11 Å². The molecule has 1 aliphatic heterocycles. The van der Waals surface area contributed by atoms with E-state index in [1.807, 2.05) is 78.9 Å². The molecule has 0 saturated carbocycles. The second-order valence-corrected chi connectivity index (χ2v) is 8.95. The van der Waals surface area contributed by atoms with Crippen molar-refractivity contribution in [1.29, 1.82) is 0 Å². The number of benzene rings is 3. The minimum absolute atomic E-state index is 0.114. The molecule has 1 aliphatic rings. The van der Waals surface area contributed by atoms with Crippen molar-refractivity contribution in [1.82, 2.24) is 4.90 Å². The molecule has 0 bridgehead atoms. The third kappa shape index (κ3) is 7.21. The van der Waals surface area contributed by atoms with Gasteiger partial charge in [-0.25, -0.2) is 0 Å². The summed E-state index contributed by atoms with van der Waals surface area (Å²) in [6, 6.07) is 24.8. The molecule has 3 aromatic carbocycles. The molecule has 0 spiro atoms. The van der Waals surface area contributed by atoms with E-state index < -0.39 is 6.10 Å². The SMILES string of the molecule is O[C@@H](COc1ccccc1)CN(Cc1cccc(Cl)c1)C[C@H]1CC(c2ccc(Cl)cc2)=NO1. The number of rotatable bonds is 10. The highest BCUT2D eigenvalue weighted by molar-refractivity contribution is 6.31. The van der Waals surface area contributed by atoms with E-state index in [0.717, 1.165) is 22.6 Å². The maximum absolute atomic E-state index is 10.7. The van der Waals surface area contributed by atoms with Crippen molar-refractivity contribution in [3.63, 3.8) is 0 Å². The van der Waals surface area contributed by atoms with Gasteiger partial charge >= 0.3 is 0 Å². The van der Waals surface area contributed by atoms with E-state index in [-0.39, 0.29) is 12.7 Å². The van der Waals surface area contributed by atoms with Gasteiger partial charge in [-0.05, 0) is 47.5 Å². The third-order valence-corrected chi connectivity index (χ3v) is 5.81. The Morgan fingerprint density at radius 1 is 1.00 bits per heavy atom. The van der Waals surface area contributed by atoms with Crippen molar-refractivity contribution in [2.75, 3.05) is 19.7 Å². The fourth-order valence-corrected chi connectivity index (χ4v) is 4.12. The first-order valence-electron chi connectivity index (χ1n) is 10.9. The molecular weight excluding hydrogens is 459 g/mol. The monoisotopic (exact) mass is 484 g/mol. The van der Waals surface area contributed by atoms with E-state index >= 15 is 0 Å². The predicted octanol–water partition coefficient (Wildman–Crippen LogP) is 5.43. The number of halogens is 2. The average Bonchev–Trinajstić information content (AvgIpc) is 3.27. The molecule has 2 atom stereocenters. The second-order valence-electron chi connectivity index (χ2n) is 8.08. The Hall–Kier alpha value is -2.57. The van der Waals surface area contributed by atoms with Crippen LogP contribution in [-0.4, -0.2) is 47.6 Å². The van der Waals surface area contributed by atoms with Gasteiger partial charge in [-0.3, -0.25) is 4.90 Å². The molecule has 0 aromatic heterocycles. The Labute approximate surface area is 204 Å². The minimum atomic E-state index is -0.664. The summed E-state index contributed by atoms with van der Waals surface area (Å²) in [5.41, 5.74) is 2.96. The number of nitrogens with zero attached hydrogens (tertiary/aromatic N) is 2. The van der Waals surface area contributed by atoms with Gasteiger partial charge < -0.3 is 14.7 Å². The van der Waals surface area contributed by atoms with Gasteiger partial charge in [-0.1, -0.05) is 70.8 Å². The van der Waals surface area contributed by atoms with Gasteiger partial charge in [0.1, 0.15) is 24.6 Å². The number of hydrogen-bond acceptors (Lipinski definition) is 5. The van der Waals surface area contributed by atoms with Crippen molar-refractivity contribution in [3.05, 3.63) is 100 Å². The van der Waals surface area contributed by atoms with Crippen LogP contribution in [0.1, 0.15) is 17.5 Å². The molecule has 0 fully saturated rings. The molecule has 0 amide bonds. The minimum Gasteiger partial charge on any atom is -0.491 e. The van der Waals surface area contributed by atoms with Crippen molar-refractivity contribution in [2.45, 2.75) is 25.2 Å². The summed E-state index contributed by atoms with van der Waals surface area (Å²) in [5.74, 6) is 0.734. The van der Waals surface area contributed by atoms with Gasteiger partial charge in [-0.2, -0.15) is 0 Å². The quantitative estimate of drug-likeness (QED) is 0.416. The van der Waals surface area contributed by atoms with Crippen LogP contribution in [-0.2, 0) is 11.4 Å². The first kappa shape index (κ1) is 23.6. The van der Waals surface area contributed by atoms with Crippen LogP contribution >= 0.6 is 23.2 Å². The Bertz CT molecular complexity index is 1060. The molecule has 33 heavy (non-hydrogen) atoms. The van der Waals surface area contributed by atoms with Gasteiger partial charge in [0.15, 0.2) is 0 Å². The van der Waals surface area contributed by atoms with Gasteiger partial charge in [0.05, 0.1) is 5.71 Å². The van der Waals surface area contributed by atoms with Crippen LogP contribution in [0.25, 0.3) is 0 Å². The van der Waals surface area contributed by atoms with Gasteiger partial charge in [-0.15, -0.1) is 0 Å². The van der Waals surface area contributed by atoms with Crippen LogP contribution in [0.5, 0.6) is 5.75 Å². The number of aliphatic hydroxyl groups excluding tert-OH is 1. The van der Waals surface area contributed by atoms with Crippen LogP contribution in [0.3, 0.4) is 0 Å². The van der Waals surface area contributed by atoms with Crippen molar-refractivity contribution in [2.24, 2.45) is 5.16 Å². The first-order chi connectivity index (χ1) is 16.0. The number of hydrogen-bond donors (Lipinski definition) is 1. The van der Waals surface area contributed by atoms with Gasteiger partial charge in [0, 0.05) is 36.1 Å². The van der Waals surface area contributed by atoms with E-state index in [1.54, 1.807) is 0 Å². The Morgan fingerprint density at radius 2 is 1.79 bits per heavy atom.